The number of benzene rings is 2. The van der Waals surface area contributed by atoms with E-state index < -0.39 is 22.8 Å². The summed E-state index contributed by atoms with van der Waals surface area (Å²) in [6, 6.07) is 11.9. The predicted molar refractivity (Wildman–Crippen MR) is 109 cm³/mol. The van der Waals surface area contributed by atoms with Gasteiger partial charge in [0, 0.05) is 17.7 Å². The van der Waals surface area contributed by atoms with Gasteiger partial charge in [-0.3, -0.25) is 19.7 Å². The van der Waals surface area contributed by atoms with Crippen molar-refractivity contribution in [2.75, 3.05) is 5.32 Å². The summed E-state index contributed by atoms with van der Waals surface area (Å²) in [5.41, 5.74) is 0.995. The molecule has 0 radical (unpaired) electrons. The molecule has 0 bridgehead atoms. The van der Waals surface area contributed by atoms with Gasteiger partial charge in [-0.1, -0.05) is 36.4 Å². The molecule has 0 aliphatic heterocycles. The maximum atomic E-state index is 12.7. The van der Waals surface area contributed by atoms with Gasteiger partial charge in [0.15, 0.2) is 0 Å². The van der Waals surface area contributed by atoms with Crippen molar-refractivity contribution in [2.45, 2.75) is 26.3 Å². The second kappa shape index (κ2) is 9.93. The van der Waals surface area contributed by atoms with E-state index in [0.717, 1.165) is 11.6 Å². The second-order valence-corrected chi connectivity index (χ2v) is 6.32. The Labute approximate surface area is 167 Å². The molecule has 2 N–H and O–H groups in total. The normalized spacial score (nSPS) is 12.0. The largest absolute Gasteiger partial charge is 0.342 e. The van der Waals surface area contributed by atoms with Crippen LogP contribution >= 0.6 is 0 Å². The zero-order valence-corrected chi connectivity index (χ0v) is 16.0. The van der Waals surface area contributed by atoms with Crippen molar-refractivity contribution in [1.29, 1.82) is 0 Å². The first kappa shape index (κ1) is 21.5. The fourth-order valence-corrected chi connectivity index (χ4v) is 2.55. The summed E-state index contributed by atoms with van der Waals surface area (Å²) in [7, 11) is 0. The quantitative estimate of drug-likeness (QED) is 0.308. The Morgan fingerprint density at radius 3 is 2.45 bits per heavy atom. The topological polar surface area (TPSA) is 118 Å². The third kappa shape index (κ3) is 5.83. The van der Waals surface area contributed by atoms with Gasteiger partial charge in [0.05, 0.1) is 22.2 Å². The lowest BCUT2D eigenvalue weighted by Crippen LogP contribution is -2.38. The van der Waals surface area contributed by atoms with Gasteiger partial charge in [-0.25, -0.2) is 0 Å². The van der Waals surface area contributed by atoms with E-state index in [4.69, 9.17) is 0 Å². The Morgan fingerprint density at radius 2 is 1.86 bits per heavy atom. The summed E-state index contributed by atoms with van der Waals surface area (Å²) < 4.78 is 0. The van der Waals surface area contributed by atoms with Gasteiger partial charge in [-0.05, 0) is 31.9 Å². The minimum atomic E-state index is -0.791. The first-order valence-electron chi connectivity index (χ1n) is 8.88. The molecule has 2 aromatic carbocycles. The number of allylic oxidation sites excluding steroid dienone is 1. The summed E-state index contributed by atoms with van der Waals surface area (Å²) in [4.78, 5) is 46.8. The summed E-state index contributed by atoms with van der Waals surface area (Å²) in [5, 5.41) is 16.2. The average Bonchev–Trinajstić information content (AvgIpc) is 2.73. The van der Waals surface area contributed by atoms with Crippen LogP contribution in [0.4, 0.5) is 11.4 Å². The lowest BCUT2D eigenvalue weighted by atomic mass is 10.1. The first-order valence-corrected chi connectivity index (χ1v) is 8.88. The van der Waals surface area contributed by atoms with Crippen molar-refractivity contribution >= 4 is 29.5 Å². The molecule has 0 unspecified atom stereocenters. The van der Waals surface area contributed by atoms with E-state index in [1.54, 1.807) is 19.9 Å². The number of hydrogen-bond donors (Lipinski definition) is 2. The maximum absolute atomic E-state index is 12.7. The summed E-state index contributed by atoms with van der Waals surface area (Å²) in [6.45, 7) is 3.25. The Bertz CT molecular complexity index is 954. The molecule has 8 heteroatoms. The molecule has 8 nitrogen and oxygen atoms in total. The first-order chi connectivity index (χ1) is 13.8. The van der Waals surface area contributed by atoms with E-state index in [1.807, 2.05) is 30.3 Å². The molecule has 0 aromatic heterocycles. The molecule has 2 amide bonds. The highest BCUT2D eigenvalue weighted by molar-refractivity contribution is 6.09. The van der Waals surface area contributed by atoms with Crippen LogP contribution in [0.5, 0.6) is 0 Å². The molecular weight excluding hydrogens is 374 g/mol. The number of nitrogens with one attached hydrogen (secondary N) is 2. The van der Waals surface area contributed by atoms with Crippen LogP contribution < -0.4 is 10.6 Å². The predicted octanol–water partition coefficient (Wildman–Crippen LogP) is 3.04. The van der Waals surface area contributed by atoms with Gasteiger partial charge in [-0.15, -0.1) is 0 Å². The molecule has 150 valence electrons. The molecule has 0 saturated heterocycles. The second-order valence-electron chi connectivity index (χ2n) is 6.32. The number of hydrogen-bond acceptors (Lipinski definition) is 5. The minimum Gasteiger partial charge on any atom is -0.342 e. The third-order valence-corrected chi connectivity index (χ3v) is 4.28. The van der Waals surface area contributed by atoms with Crippen molar-refractivity contribution in [1.82, 2.24) is 5.32 Å². The summed E-state index contributed by atoms with van der Waals surface area (Å²) >= 11 is 0. The number of nitro benzene ring substituents is 1. The van der Waals surface area contributed by atoms with Gasteiger partial charge < -0.3 is 15.4 Å². The van der Waals surface area contributed by atoms with Crippen molar-refractivity contribution in [3.05, 3.63) is 81.4 Å². The molecule has 2 rings (SSSR count). The van der Waals surface area contributed by atoms with Crippen LogP contribution in [-0.2, 0) is 16.0 Å². The lowest BCUT2D eigenvalue weighted by molar-refractivity contribution is -0.384. The number of nitro groups is 1. The SMILES string of the molecule is C/C=C(\C)C(=O)Nc1cc([N+](=O)[O-])ccc1C(=O)N[C@H](C=O)Cc1ccccc1. The van der Waals surface area contributed by atoms with Gasteiger partial charge in [0.1, 0.15) is 6.29 Å². The zero-order chi connectivity index (χ0) is 21.4. The number of nitrogens with zero attached hydrogens (tertiary/aromatic N) is 1. The number of rotatable bonds is 8. The van der Waals surface area contributed by atoms with E-state index >= 15 is 0 Å². The van der Waals surface area contributed by atoms with Gasteiger partial charge in [0.2, 0.25) is 0 Å². The fraction of sp³-hybridized carbons (Fsp3) is 0.190. The fourth-order valence-electron chi connectivity index (χ4n) is 2.55. The van der Waals surface area contributed by atoms with E-state index in [1.165, 1.54) is 12.1 Å². The molecule has 0 saturated carbocycles. The van der Waals surface area contributed by atoms with Gasteiger partial charge in [-0.2, -0.15) is 0 Å². The van der Waals surface area contributed by atoms with E-state index in [2.05, 4.69) is 10.6 Å². The van der Waals surface area contributed by atoms with E-state index in [0.29, 0.717) is 18.3 Å². The van der Waals surface area contributed by atoms with Crippen molar-refractivity contribution in [2.24, 2.45) is 0 Å². The Morgan fingerprint density at radius 1 is 1.17 bits per heavy atom. The Hall–Kier alpha value is -3.81. The van der Waals surface area contributed by atoms with Crippen LogP contribution in [-0.4, -0.2) is 29.1 Å². The molecule has 0 heterocycles. The van der Waals surface area contributed by atoms with Crippen LogP contribution in [0.2, 0.25) is 0 Å². The molecule has 2 aromatic rings. The maximum Gasteiger partial charge on any atom is 0.271 e. The van der Waals surface area contributed by atoms with Crippen molar-refractivity contribution < 1.29 is 19.3 Å². The van der Waals surface area contributed by atoms with Crippen LogP contribution in [0, 0.1) is 10.1 Å². The number of amides is 2. The number of carbonyl (C=O) groups excluding carboxylic acids is 3. The summed E-state index contributed by atoms with van der Waals surface area (Å²) in [6.07, 6.45) is 2.50. The highest BCUT2D eigenvalue weighted by atomic mass is 16.6. The lowest BCUT2D eigenvalue weighted by Gasteiger charge is -2.15. The van der Waals surface area contributed by atoms with Crippen LogP contribution in [0.25, 0.3) is 0 Å². The number of carbonyl (C=O) groups is 3. The zero-order valence-electron chi connectivity index (χ0n) is 16.0. The Balaban J connectivity index is 2.28. The Kier molecular flexibility index (Phi) is 7.36. The van der Waals surface area contributed by atoms with Crippen molar-refractivity contribution in [3.8, 4) is 0 Å². The van der Waals surface area contributed by atoms with Crippen LogP contribution in [0.15, 0.2) is 60.2 Å². The standard InChI is InChI=1S/C21H21N3O5/c1-3-14(2)20(26)23-19-12-17(24(28)29)9-10-18(19)21(27)22-16(13-25)11-15-7-5-4-6-8-15/h3-10,12-13,16H,11H2,1-2H3,(H,22,27)(H,23,26)/b14-3+/t16-/m0/s1. The molecule has 0 aliphatic rings. The molecule has 0 fully saturated rings. The van der Waals surface area contributed by atoms with Gasteiger partial charge in [0.25, 0.3) is 17.5 Å². The van der Waals surface area contributed by atoms with E-state index in [-0.39, 0.29) is 16.9 Å². The summed E-state index contributed by atoms with van der Waals surface area (Å²) in [5.74, 6) is -1.11. The molecule has 29 heavy (non-hydrogen) atoms. The highest BCUT2D eigenvalue weighted by Gasteiger charge is 2.20. The molecular formula is C21H21N3O5. The number of anilines is 1. The smallest absolute Gasteiger partial charge is 0.271 e. The van der Waals surface area contributed by atoms with Crippen molar-refractivity contribution in [3.63, 3.8) is 0 Å². The monoisotopic (exact) mass is 395 g/mol. The average molecular weight is 395 g/mol. The third-order valence-electron chi connectivity index (χ3n) is 4.28. The molecule has 0 spiro atoms. The van der Waals surface area contributed by atoms with Crippen LogP contribution in [0.1, 0.15) is 29.8 Å². The number of aldehydes is 1. The molecule has 1 atom stereocenters. The number of non-ortho nitro benzene ring substituents is 1. The van der Waals surface area contributed by atoms with Crippen LogP contribution in [0.3, 0.4) is 0 Å². The van der Waals surface area contributed by atoms with Gasteiger partial charge >= 0.3 is 0 Å². The van der Waals surface area contributed by atoms with E-state index in [9.17, 15) is 24.5 Å². The minimum absolute atomic E-state index is 0.00717. The highest BCUT2D eigenvalue weighted by Crippen LogP contribution is 2.23. The molecule has 0 aliphatic carbocycles.